The van der Waals surface area contributed by atoms with Crippen molar-refractivity contribution < 1.29 is 8.42 Å². The number of hydrogen-bond donors (Lipinski definition) is 1. The third-order valence-electron chi connectivity index (χ3n) is 3.62. The highest BCUT2D eigenvalue weighted by atomic mass is 79.9. The first kappa shape index (κ1) is 17.2. The molecule has 1 heterocycles. The van der Waals surface area contributed by atoms with Crippen LogP contribution in [0, 0.1) is 0 Å². The van der Waals surface area contributed by atoms with E-state index in [0.29, 0.717) is 33.8 Å². The maximum absolute atomic E-state index is 12.8. The van der Waals surface area contributed by atoms with Crippen molar-refractivity contribution in [3.05, 3.63) is 21.1 Å². The van der Waals surface area contributed by atoms with Gasteiger partial charge < -0.3 is 5.73 Å². The van der Waals surface area contributed by atoms with Crippen LogP contribution in [0.3, 0.4) is 0 Å². The first-order valence-corrected chi connectivity index (χ1v) is 9.75. The lowest BCUT2D eigenvalue weighted by Crippen LogP contribution is -2.50. The van der Waals surface area contributed by atoms with Crippen LogP contribution < -0.4 is 5.73 Å². The van der Waals surface area contributed by atoms with Gasteiger partial charge in [0, 0.05) is 46.9 Å². The predicted molar refractivity (Wildman–Crippen MR) is 91.7 cm³/mol. The van der Waals surface area contributed by atoms with Crippen molar-refractivity contribution in [2.45, 2.75) is 24.8 Å². The van der Waals surface area contributed by atoms with E-state index in [1.807, 2.05) is 0 Å². The number of halogens is 2. The molecule has 0 aliphatic carbocycles. The molecule has 1 saturated heterocycles. The fourth-order valence-electron chi connectivity index (χ4n) is 2.42. The highest BCUT2D eigenvalue weighted by Crippen LogP contribution is 2.34. The molecular formula is C13H19Br2N3O2S. The minimum atomic E-state index is -3.53. The van der Waals surface area contributed by atoms with E-state index in [9.17, 15) is 8.42 Å². The summed E-state index contributed by atoms with van der Waals surface area (Å²) in [7, 11) is -3.53. The minimum absolute atomic E-state index is 0.245. The van der Waals surface area contributed by atoms with Crippen molar-refractivity contribution in [2.75, 3.05) is 31.9 Å². The zero-order valence-corrected chi connectivity index (χ0v) is 16.0. The van der Waals surface area contributed by atoms with Gasteiger partial charge in [-0.1, -0.05) is 0 Å². The van der Waals surface area contributed by atoms with Crippen LogP contribution in [-0.2, 0) is 10.0 Å². The lowest BCUT2D eigenvalue weighted by molar-refractivity contribution is 0.154. The van der Waals surface area contributed by atoms with Crippen molar-refractivity contribution in [1.29, 1.82) is 0 Å². The number of nitrogen functional groups attached to an aromatic ring is 1. The SMILES string of the molecule is CC(C)N1CCN(S(=O)(=O)c2c(Br)cc(N)cc2Br)CC1. The minimum Gasteiger partial charge on any atom is -0.399 e. The molecule has 1 aromatic rings. The molecule has 0 atom stereocenters. The Bertz CT molecular complexity index is 603. The smallest absolute Gasteiger partial charge is 0.245 e. The van der Waals surface area contributed by atoms with Crippen LogP contribution in [0.2, 0.25) is 0 Å². The molecule has 1 aliphatic rings. The van der Waals surface area contributed by atoms with Crippen LogP contribution in [0.4, 0.5) is 5.69 Å². The van der Waals surface area contributed by atoms with Crippen molar-refractivity contribution >= 4 is 47.6 Å². The summed E-state index contributed by atoms with van der Waals surface area (Å²) < 4.78 is 28.2. The Hall–Kier alpha value is -0.150. The van der Waals surface area contributed by atoms with Gasteiger partial charge in [0.1, 0.15) is 4.90 Å². The van der Waals surface area contributed by atoms with Gasteiger partial charge in [0.25, 0.3) is 0 Å². The van der Waals surface area contributed by atoms with Crippen LogP contribution in [0.5, 0.6) is 0 Å². The second-order valence-corrected chi connectivity index (χ2v) is 8.93. The van der Waals surface area contributed by atoms with E-state index in [0.717, 1.165) is 13.1 Å². The Kier molecular flexibility index (Phi) is 5.36. The molecule has 0 radical (unpaired) electrons. The summed E-state index contributed by atoms with van der Waals surface area (Å²) in [4.78, 5) is 2.52. The molecule has 1 aliphatic heterocycles. The number of piperazine rings is 1. The summed E-state index contributed by atoms with van der Waals surface area (Å²) >= 11 is 6.62. The number of anilines is 1. The largest absolute Gasteiger partial charge is 0.399 e. The van der Waals surface area contributed by atoms with Gasteiger partial charge in [0.05, 0.1) is 0 Å². The van der Waals surface area contributed by atoms with E-state index in [4.69, 9.17) is 5.73 Å². The summed E-state index contributed by atoms with van der Waals surface area (Å²) in [5.74, 6) is 0. The van der Waals surface area contributed by atoms with Gasteiger partial charge in [0.2, 0.25) is 10.0 Å². The zero-order valence-electron chi connectivity index (χ0n) is 12.0. The van der Waals surface area contributed by atoms with E-state index >= 15 is 0 Å². The fourth-order valence-corrected chi connectivity index (χ4v) is 6.38. The van der Waals surface area contributed by atoms with E-state index in [2.05, 4.69) is 50.6 Å². The van der Waals surface area contributed by atoms with Crippen molar-refractivity contribution in [3.8, 4) is 0 Å². The maximum atomic E-state index is 12.8. The van der Waals surface area contributed by atoms with E-state index in [-0.39, 0.29) is 4.90 Å². The lowest BCUT2D eigenvalue weighted by atomic mass is 10.3. The number of rotatable bonds is 3. The van der Waals surface area contributed by atoms with Gasteiger partial charge in [-0.25, -0.2) is 8.42 Å². The molecule has 1 fully saturated rings. The van der Waals surface area contributed by atoms with Crippen molar-refractivity contribution in [2.24, 2.45) is 0 Å². The summed E-state index contributed by atoms with van der Waals surface area (Å²) in [5, 5.41) is 0. The number of benzene rings is 1. The molecule has 0 unspecified atom stereocenters. The number of nitrogens with zero attached hydrogens (tertiary/aromatic N) is 2. The molecule has 118 valence electrons. The molecule has 5 nitrogen and oxygen atoms in total. The fraction of sp³-hybridized carbons (Fsp3) is 0.538. The summed E-state index contributed by atoms with van der Waals surface area (Å²) in [5.41, 5.74) is 6.24. The standard InChI is InChI=1S/C13H19Br2N3O2S/c1-9(2)17-3-5-18(6-4-17)21(19,20)13-11(14)7-10(16)8-12(13)15/h7-9H,3-6,16H2,1-2H3. The molecule has 0 amide bonds. The molecule has 2 rings (SSSR count). The molecular weight excluding hydrogens is 422 g/mol. The molecule has 0 spiro atoms. The Balaban J connectivity index is 2.28. The highest BCUT2D eigenvalue weighted by molar-refractivity contribution is 9.11. The summed E-state index contributed by atoms with van der Waals surface area (Å²) in [6.07, 6.45) is 0. The van der Waals surface area contributed by atoms with Gasteiger partial charge in [-0.15, -0.1) is 0 Å². The Labute approximate surface area is 142 Å². The zero-order chi connectivity index (χ0) is 15.8. The summed E-state index contributed by atoms with van der Waals surface area (Å²) in [6.45, 7) is 6.75. The molecule has 2 N–H and O–H groups in total. The number of nitrogens with two attached hydrogens (primary N) is 1. The predicted octanol–water partition coefficient (Wildman–Crippen LogP) is 2.51. The summed E-state index contributed by atoms with van der Waals surface area (Å²) in [6, 6.07) is 3.66. The quantitative estimate of drug-likeness (QED) is 0.733. The third-order valence-corrected chi connectivity index (χ3v) is 7.40. The van der Waals surface area contributed by atoms with Crippen LogP contribution in [-0.4, -0.2) is 49.8 Å². The number of sulfonamides is 1. The maximum Gasteiger partial charge on any atom is 0.245 e. The first-order valence-electron chi connectivity index (χ1n) is 6.72. The topological polar surface area (TPSA) is 66.6 Å². The molecule has 1 aromatic carbocycles. The Morgan fingerprint density at radius 2 is 1.57 bits per heavy atom. The average Bonchev–Trinajstić information content (AvgIpc) is 2.37. The van der Waals surface area contributed by atoms with E-state index in [1.165, 1.54) is 4.31 Å². The van der Waals surface area contributed by atoms with Crippen LogP contribution in [0.25, 0.3) is 0 Å². The highest BCUT2D eigenvalue weighted by Gasteiger charge is 2.32. The van der Waals surface area contributed by atoms with Gasteiger partial charge in [0.15, 0.2) is 0 Å². The van der Waals surface area contributed by atoms with E-state index < -0.39 is 10.0 Å². The number of hydrogen-bond acceptors (Lipinski definition) is 4. The molecule has 0 aromatic heterocycles. The van der Waals surface area contributed by atoms with Crippen LogP contribution in [0.1, 0.15) is 13.8 Å². The van der Waals surface area contributed by atoms with Crippen LogP contribution in [0.15, 0.2) is 26.0 Å². The van der Waals surface area contributed by atoms with Crippen molar-refractivity contribution in [3.63, 3.8) is 0 Å². The first-order chi connectivity index (χ1) is 9.73. The molecule has 0 saturated carbocycles. The average molecular weight is 441 g/mol. The van der Waals surface area contributed by atoms with Crippen molar-refractivity contribution in [1.82, 2.24) is 9.21 Å². The Morgan fingerprint density at radius 1 is 1.10 bits per heavy atom. The van der Waals surface area contributed by atoms with Gasteiger partial charge in [-0.3, -0.25) is 4.90 Å². The molecule has 0 bridgehead atoms. The third kappa shape index (κ3) is 3.61. The Morgan fingerprint density at radius 3 is 2.00 bits per heavy atom. The van der Waals surface area contributed by atoms with Gasteiger partial charge in [-0.05, 0) is 57.8 Å². The molecule has 21 heavy (non-hydrogen) atoms. The van der Waals surface area contributed by atoms with E-state index in [1.54, 1.807) is 12.1 Å². The van der Waals surface area contributed by atoms with Gasteiger partial charge in [-0.2, -0.15) is 4.31 Å². The molecule has 8 heteroatoms. The second kappa shape index (κ2) is 6.54. The monoisotopic (exact) mass is 439 g/mol. The lowest BCUT2D eigenvalue weighted by Gasteiger charge is -2.36. The second-order valence-electron chi connectivity index (χ2n) is 5.35. The van der Waals surface area contributed by atoms with Crippen LogP contribution >= 0.6 is 31.9 Å². The normalized spacial score (nSPS) is 18.3. The van der Waals surface area contributed by atoms with Gasteiger partial charge >= 0.3 is 0 Å².